The van der Waals surface area contributed by atoms with Gasteiger partial charge in [-0.2, -0.15) is 0 Å². The maximum absolute atomic E-state index is 5.84. The van der Waals surface area contributed by atoms with Crippen LogP contribution >= 0.6 is 0 Å². The Bertz CT molecular complexity index is 647. The Morgan fingerprint density at radius 3 is 2.43 bits per heavy atom. The predicted octanol–water partition coefficient (Wildman–Crippen LogP) is 5.37. The van der Waals surface area contributed by atoms with Gasteiger partial charge >= 0.3 is 0 Å². The second-order valence-electron chi connectivity index (χ2n) is 6.68. The van der Waals surface area contributed by atoms with Crippen molar-refractivity contribution in [3.63, 3.8) is 0 Å². The minimum Gasteiger partial charge on any atom is -0.493 e. The molecule has 2 heteroatoms. The topological polar surface area (TPSA) is 12.5 Å². The van der Waals surface area contributed by atoms with E-state index in [4.69, 9.17) is 4.74 Å². The molecule has 0 saturated heterocycles. The first-order valence-corrected chi connectivity index (χ1v) is 8.75. The highest BCUT2D eigenvalue weighted by Crippen LogP contribution is 2.30. The van der Waals surface area contributed by atoms with Crippen molar-refractivity contribution in [1.29, 1.82) is 0 Å². The maximum Gasteiger partial charge on any atom is 0.119 e. The van der Waals surface area contributed by atoms with E-state index in [-0.39, 0.29) is 0 Å². The molecule has 0 heterocycles. The summed E-state index contributed by atoms with van der Waals surface area (Å²) in [5.41, 5.74) is 5.50. The first-order valence-electron chi connectivity index (χ1n) is 8.75. The molecule has 122 valence electrons. The molecular formula is C21H27NO. The zero-order valence-electron chi connectivity index (χ0n) is 14.5. The van der Waals surface area contributed by atoms with Crippen LogP contribution in [0.25, 0.3) is 0 Å². The van der Waals surface area contributed by atoms with Crippen molar-refractivity contribution >= 4 is 11.4 Å². The van der Waals surface area contributed by atoms with Crippen LogP contribution in [0, 0.1) is 5.92 Å². The normalized spacial score (nSPS) is 14.4. The number of fused-ring (bicyclic) bond motifs is 1. The molecule has 0 saturated carbocycles. The first kappa shape index (κ1) is 15.9. The predicted molar refractivity (Wildman–Crippen MR) is 97.9 cm³/mol. The van der Waals surface area contributed by atoms with Gasteiger partial charge < -0.3 is 9.64 Å². The molecular weight excluding hydrogens is 282 g/mol. The lowest BCUT2D eigenvalue weighted by Crippen LogP contribution is -2.10. The zero-order valence-corrected chi connectivity index (χ0v) is 14.5. The smallest absolute Gasteiger partial charge is 0.119 e. The van der Waals surface area contributed by atoms with E-state index < -0.39 is 0 Å². The lowest BCUT2D eigenvalue weighted by atomic mass is 10.1. The van der Waals surface area contributed by atoms with Crippen molar-refractivity contribution in [1.82, 2.24) is 0 Å². The standard InChI is InChI=1S/C21H27NO/c1-4-16(2)15-23-21-12-10-19(11-13-21)22(3)20-9-8-17-6-5-7-18(17)14-20/h8-14,16H,4-7,15H2,1-3H3. The Morgan fingerprint density at radius 2 is 1.70 bits per heavy atom. The Labute approximate surface area is 140 Å². The van der Waals surface area contributed by atoms with Gasteiger partial charge in [0.2, 0.25) is 0 Å². The van der Waals surface area contributed by atoms with E-state index in [0.717, 1.165) is 18.8 Å². The molecule has 0 spiro atoms. The fraction of sp³-hybridized carbons (Fsp3) is 0.429. The molecule has 0 fully saturated rings. The van der Waals surface area contributed by atoms with Crippen molar-refractivity contribution in [2.75, 3.05) is 18.6 Å². The average Bonchev–Trinajstić information content (AvgIpc) is 3.07. The van der Waals surface area contributed by atoms with Crippen LogP contribution in [-0.2, 0) is 12.8 Å². The molecule has 1 atom stereocenters. The average molecular weight is 309 g/mol. The number of rotatable bonds is 6. The van der Waals surface area contributed by atoms with Gasteiger partial charge in [0.1, 0.15) is 5.75 Å². The number of ether oxygens (including phenoxy) is 1. The van der Waals surface area contributed by atoms with Crippen LogP contribution in [0.2, 0.25) is 0 Å². The largest absolute Gasteiger partial charge is 0.493 e. The van der Waals surface area contributed by atoms with Crippen molar-refractivity contribution in [2.45, 2.75) is 39.5 Å². The molecule has 23 heavy (non-hydrogen) atoms. The van der Waals surface area contributed by atoms with Gasteiger partial charge in [-0.3, -0.25) is 0 Å². The molecule has 3 rings (SSSR count). The van der Waals surface area contributed by atoms with E-state index in [1.165, 1.54) is 41.8 Å². The van der Waals surface area contributed by atoms with Gasteiger partial charge in [-0.05, 0) is 72.7 Å². The summed E-state index contributed by atoms with van der Waals surface area (Å²) in [7, 11) is 2.13. The zero-order chi connectivity index (χ0) is 16.2. The summed E-state index contributed by atoms with van der Waals surface area (Å²) >= 11 is 0. The van der Waals surface area contributed by atoms with Gasteiger partial charge in [0.15, 0.2) is 0 Å². The van der Waals surface area contributed by atoms with Crippen LogP contribution in [-0.4, -0.2) is 13.7 Å². The van der Waals surface area contributed by atoms with Gasteiger partial charge in [0, 0.05) is 18.4 Å². The van der Waals surface area contributed by atoms with Crippen molar-refractivity contribution in [3.8, 4) is 5.75 Å². The monoisotopic (exact) mass is 309 g/mol. The summed E-state index contributed by atoms with van der Waals surface area (Å²) in [6.45, 7) is 5.20. The Kier molecular flexibility index (Phi) is 4.90. The van der Waals surface area contributed by atoms with Gasteiger partial charge in [-0.1, -0.05) is 26.3 Å². The number of aryl methyl sites for hydroxylation is 2. The highest BCUT2D eigenvalue weighted by molar-refractivity contribution is 5.64. The summed E-state index contributed by atoms with van der Waals surface area (Å²) in [5.74, 6) is 1.56. The van der Waals surface area contributed by atoms with E-state index in [9.17, 15) is 0 Å². The minimum absolute atomic E-state index is 0.601. The number of benzene rings is 2. The molecule has 0 aliphatic heterocycles. The van der Waals surface area contributed by atoms with Crippen LogP contribution in [0.1, 0.15) is 37.8 Å². The first-order chi connectivity index (χ1) is 11.2. The molecule has 0 bridgehead atoms. The van der Waals surface area contributed by atoms with Crippen molar-refractivity contribution in [3.05, 3.63) is 53.6 Å². The van der Waals surface area contributed by atoms with E-state index in [2.05, 4.69) is 68.3 Å². The third-order valence-electron chi connectivity index (χ3n) is 4.92. The molecule has 1 aliphatic rings. The molecule has 2 aromatic carbocycles. The van der Waals surface area contributed by atoms with Crippen LogP contribution in [0.5, 0.6) is 5.75 Å². The third kappa shape index (κ3) is 3.69. The summed E-state index contributed by atoms with van der Waals surface area (Å²) in [6.07, 6.45) is 4.91. The summed E-state index contributed by atoms with van der Waals surface area (Å²) in [5, 5.41) is 0. The highest BCUT2D eigenvalue weighted by Gasteiger charge is 2.13. The van der Waals surface area contributed by atoms with Gasteiger partial charge in [0.05, 0.1) is 6.61 Å². The number of hydrogen-bond acceptors (Lipinski definition) is 2. The molecule has 0 radical (unpaired) electrons. The molecule has 0 aromatic heterocycles. The van der Waals surface area contributed by atoms with Crippen LogP contribution in [0.3, 0.4) is 0 Å². The Balaban J connectivity index is 1.69. The van der Waals surface area contributed by atoms with Crippen LogP contribution in [0.15, 0.2) is 42.5 Å². The molecule has 0 N–H and O–H groups in total. The van der Waals surface area contributed by atoms with Crippen LogP contribution < -0.4 is 9.64 Å². The summed E-state index contributed by atoms with van der Waals surface area (Å²) in [4.78, 5) is 2.25. The third-order valence-corrected chi connectivity index (χ3v) is 4.92. The summed E-state index contributed by atoms with van der Waals surface area (Å²) in [6, 6.07) is 15.3. The highest BCUT2D eigenvalue weighted by atomic mass is 16.5. The molecule has 1 unspecified atom stereocenters. The van der Waals surface area contributed by atoms with Gasteiger partial charge in [0.25, 0.3) is 0 Å². The van der Waals surface area contributed by atoms with E-state index >= 15 is 0 Å². The molecule has 2 aromatic rings. The second-order valence-corrected chi connectivity index (χ2v) is 6.68. The fourth-order valence-electron chi connectivity index (χ4n) is 3.04. The second kappa shape index (κ2) is 7.08. The maximum atomic E-state index is 5.84. The molecule has 0 amide bonds. The van der Waals surface area contributed by atoms with Crippen molar-refractivity contribution in [2.24, 2.45) is 5.92 Å². The fourth-order valence-corrected chi connectivity index (χ4v) is 3.04. The van der Waals surface area contributed by atoms with Crippen LogP contribution in [0.4, 0.5) is 11.4 Å². The van der Waals surface area contributed by atoms with E-state index in [1.54, 1.807) is 0 Å². The lowest BCUT2D eigenvalue weighted by molar-refractivity contribution is 0.256. The van der Waals surface area contributed by atoms with E-state index in [1.807, 2.05) is 0 Å². The minimum atomic E-state index is 0.601. The Morgan fingerprint density at radius 1 is 1.00 bits per heavy atom. The van der Waals surface area contributed by atoms with E-state index in [0.29, 0.717) is 5.92 Å². The number of hydrogen-bond donors (Lipinski definition) is 0. The molecule has 2 nitrogen and oxygen atoms in total. The number of nitrogens with zero attached hydrogens (tertiary/aromatic N) is 1. The quantitative estimate of drug-likeness (QED) is 0.711. The SMILES string of the molecule is CCC(C)COc1ccc(N(C)c2ccc3c(c2)CCC3)cc1. The molecule has 1 aliphatic carbocycles. The number of anilines is 2. The Hall–Kier alpha value is -1.96. The lowest BCUT2D eigenvalue weighted by Gasteiger charge is -2.21. The van der Waals surface area contributed by atoms with Crippen molar-refractivity contribution < 1.29 is 4.74 Å². The van der Waals surface area contributed by atoms with Gasteiger partial charge in [-0.15, -0.1) is 0 Å². The summed E-state index contributed by atoms with van der Waals surface area (Å²) < 4.78 is 5.84. The van der Waals surface area contributed by atoms with Gasteiger partial charge in [-0.25, -0.2) is 0 Å².